The molecular weight excluding hydrogens is 734 g/mol. The second kappa shape index (κ2) is 15.0. The predicted molar refractivity (Wildman–Crippen MR) is 205 cm³/mol. The van der Waals surface area contributed by atoms with Crippen molar-refractivity contribution in [2.45, 2.75) is 75.9 Å². The molecule has 4 aliphatic rings. The topological polar surface area (TPSA) is 252 Å². The van der Waals surface area contributed by atoms with Crippen LogP contribution in [0.5, 0.6) is 11.5 Å². The molecule has 8 rings (SSSR count). The van der Waals surface area contributed by atoms with Crippen molar-refractivity contribution < 1.29 is 38.6 Å². The molecule has 17 nitrogen and oxygen atoms in total. The number of nitrogens with two attached hydrogens (primary N) is 3. The van der Waals surface area contributed by atoms with Crippen LogP contribution in [0, 0.1) is 0 Å². The number of carboxylic acid groups (broad SMARTS) is 1. The lowest BCUT2D eigenvalue weighted by atomic mass is 9.89. The molecule has 0 aliphatic carbocycles. The molecule has 4 atom stereocenters. The SMILES string of the molecule is NC(=O)N1Cc2ccccc2C[C@H]1C(=O)N1Cc2cc3c(cc2CC1C(=O)N[C@@H](CCCN=C(N)N)C(=O)N1Cc2[nH]c4ccccc4c2CC1C(=O)O)OCO3. The molecule has 4 aromatic rings. The van der Waals surface area contributed by atoms with Crippen LogP contribution in [0.3, 0.4) is 0 Å². The van der Waals surface area contributed by atoms with Crippen LogP contribution in [-0.2, 0) is 58.1 Å². The van der Waals surface area contributed by atoms with Crippen LogP contribution in [0.1, 0.15) is 46.4 Å². The Kier molecular flexibility index (Phi) is 9.81. The van der Waals surface area contributed by atoms with E-state index in [-0.39, 0.29) is 71.0 Å². The number of H-pyrrole nitrogens is 1. The number of aromatic amines is 1. The molecule has 0 saturated heterocycles. The first-order chi connectivity index (χ1) is 27.5. The largest absolute Gasteiger partial charge is 0.480 e. The van der Waals surface area contributed by atoms with Crippen LogP contribution in [0.25, 0.3) is 10.9 Å². The Labute approximate surface area is 326 Å². The molecule has 0 radical (unpaired) electrons. The van der Waals surface area contributed by atoms with Crippen molar-refractivity contribution >= 4 is 46.6 Å². The lowest BCUT2D eigenvalue weighted by molar-refractivity contribution is -0.153. The summed E-state index contributed by atoms with van der Waals surface area (Å²) < 4.78 is 11.2. The Hall–Kier alpha value is -6.78. The first kappa shape index (κ1) is 37.2. The molecule has 0 bridgehead atoms. The number of carbonyl (C=O) groups is 5. The molecule has 0 fully saturated rings. The molecule has 5 heterocycles. The van der Waals surface area contributed by atoms with Gasteiger partial charge >= 0.3 is 12.0 Å². The molecule has 4 aliphatic heterocycles. The number of aromatic nitrogens is 1. The maximum Gasteiger partial charge on any atom is 0.326 e. The standard InChI is InChI=1S/C40H43N9O8/c41-39(42)44-11-5-10-28(36(51)48-19-29-26(16-32(48)38(53)54)25-8-3-4-9-27(25)45-29)46-35(50)30-13-23-14-33-34(57-20-56-33)15-24(23)18-47(30)37(52)31-12-21-6-1-2-7-22(21)17-49(31)40(43)55/h1-4,6-9,14-15,28,30-32,45H,5,10-13,16-20H2,(H2,43,55)(H,46,50)(H,53,54)(H4,41,42,44)/t28-,30?,31-,32?/m0/s1. The molecule has 0 saturated carbocycles. The van der Waals surface area contributed by atoms with Crippen LogP contribution in [0.15, 0.2) is 65.7 Å². The summed E-state index contributed by atoms with van der Waals surface area (Å²) in [5.41, 5.74) is 22.5. The van der Waals surface area contributed by atoms with Crippen LogP contribution in [-0.4, -0.2) is 98.0 Å². The summed E-state index contributed by atoms with van der Waals surface area (Å²) in [5.74, 6) is -2.04. The number of primary amides is 1. The normalized spacial score (nSPS) is 19.9. The number of nitrogens with one attached hydrogen (secondary N) is 2. The fourth-order valence-corrected chi connectivity index (χ4v) is 8.50. The van der Waals surface area contributed by atoms with Gasteiger partial charge in [0, 0.05) is 55.5 Å². The molecular formula is C40H43N9O8. The van der Waals surface area contributed by atoms with E-state index in [0.717, 1.165) is 38.7 Å². The van der Waals surface area contributed by atoms with Gasteiger partial charge in [0.2, 0.25) is 24.5 Å². The van der Waals surface area contributed by atoms with Crippen LogP contribution in [0.2, 0.25) is 0 Å². The number of carbonyl (C=O) groups excluding carboxylic acids is 4. The third-order valence-electron chi connectivity index (χ3n) is 11.4. The maximum absolute atomic E-state index is 14.7. The molecule has 57 heavy (non-hydrogen) atoms. The van der Waals surface area contributed by atoms with Crippen molar-refractivity contribution in [1.29, 1.82) is 0 Å². The lowest BCUT2D eigenvalue weighted by Crippen LogP contribution is -2.62. The summed E-state index contributed by atoms with van der Waals surface area (Å²) in [4.78, 5) is 80.9. The number of benzene rings is 3. The van der Waals surface area contributed by atoms with Gasteiger partial charge in [-0.15, -0.1) is 0 Å². The lowest BCUT2D eigenvalue weighted by Gasteiger charge is -2.42. The number of aliphatic carboxylic acids is 1. The Morgan fingerprint density at radius 2 is 1.49 bits per heavy atom. The quantitative estimate of drug-likeness (QED) is 0.0806. The summed E-state index contributed by atoms with van der Waals surface area (Å²) in [5, 5.41) is 14.2. The average Bonchev–Trinajstić information content (AvgIpc) is 3.82. The van der Waals surface area contributed by atoms with Crippen molar-refractivity contribution in [3.8, 4) is 11.5 Å². The van der Waals surface area contributed by atoms with Crippen molar-refractivity contribution in [3.05, 3.63) is 94.2 Å². The van der Waals surface area contributed by atoms with E-state index in [4.69, 9.17) is 26.7 Å². The number of nitrogens with zero attached hydrogens (tertiary/aromatic N) is 4. The smallest absolute Gasteiger partial charge is 0.326 e. The first-order valence-electron chi connectivity index (χ1n) is 18.8. The van der Waals surface area contributed by atoms with Gasteiger partial charge in [-0.05, 0) is 58.9 Å². The van der Waals surface area contributed by atoms with Crippen LogP contribution >= 0.6 is 0 Å². The van der Waals surface area contributed by atoms with E-state index < -0.39 is 53.9 Å². The highest BCUT2D eigenvalue weighted by Crippen LogP contribution is 2.39. The molecule has 296 valence electrons. The highest BCUT2D eigenvalue weighted by atomic mass is 16.7. The van der Waals surface area contributed by atoms with Crippen molar-refractivity contribution in [2.24, 2.45) is 22.2 Å². The number of urea groups is 1. The third-order valence-corrected chi connectivity index (χ3v) is 11.4. The minimum Gasteiger partial charge on any atom is -0.480 e. The maximum atomic E-state index is 14.7. The van der Waals surface area contributed by atoms with Gasteiger partial charge in [-0.25, -0.2) is 9.59 Å². The number of rotatable bonds is 9. The summed E-state index contributed by atoms with van der Waals surface area (Å²) in [6, 6.07) is 13.3. The average molecular weight is 778 g/mol. The minimum atomic E-state index is -1.21. The number of carboxylic acids is 1. The van der Waals surface area contributed by atoms with Gasteiger partial charge in [-0.2, -0.15) is 0 Å². The van der Waals surface area contributed by atoms with E-state index in [1.807, 2.05) is 48.5 Å². The predicted octanol–water partition coefficient (Wildman–Crippen LogP) is 1.23. The van der Waals surface area contributed by atoms with Gasteiger partial charge < -0.3 is 56.8 Å². The monoisotopic (exact) mass is 777 g/mol. The fourth-order valence-electron chi connectivity index (χ4n) is 8.50. The summed E-state index contributed by atoms with van der Waals surface area (Å²) >= 11 is 0. The number of aliphatic imine (C=N–C) groups is 1. The Morgan fingerprint density at radius 3 is 2.23 bits per heavy atom. The number of ether oxygens (including phenoxy) is 2. The van der Waals surface area contributed by atoms with E-state index in [9.17, 15) is 29.1 Å². The van der Waals surface area contributed by atoms with E-state index in [0.29, 0.717) is 17.2 Å². The molecule has 0 spiro atoms. The molecule has 3 aromatic carbocycles. The molecule has 5 amide bonds. The van der Waals surface area contributed by atoms with Gasteiger partial charge in [0.15, 0.2) is 17.5 Å². The zero-order valence-corrected chi connectivity index (χ0v) is 31.0. The van der Waals surface area contributed by atoms with Crippen LogP contribution < -0.4 is 32.0 Å². The first-order valence-corrected chi connectivity index (χ1v) is 18.8. The highest BCUT2D eigenvalue weighted by Gasteiger charge is 2.44. The molecule has 9 N–H and O–H groups in total. The van der Waals surface area contributed by atoms with Gasteiger partial charge in [0.05, 0.1) is 6.54 Å². The summed E-state index contributed by atoms with van der Waals surface area (Å²) in [6.07, 6.45) is 0.636. The highest BCUT2D eigenvalue weighted by molar-refractivity contribution is 5.96. The summed E-state index contributed by atoms with van der Waals surface area (Å²) in [6.45, 7) is 0.259. The molecule has 17 heteroatoms. The van der Waals surface area contributed by atoms with Crippen molar-refractivity contribution in [2.75, 3.05) is 13.3 Å². The number of fused-ring (bicyclic) bond motifs is 6. The minimum absolute atomic E-state index is 0.00683. The Bertz CT molecular complexity index is 2320. The van der Waals surface area contributed by atoms with Crippen molar-refractivity contribution in [3.63, 3.8) is 0 Å². The van der Waals surface area contributed by atoms with Crippen molar-refractivity contribution in [1.82, 2.24) is 25.0 Å². The van der Waals surface area contributed by atoms with Crippen LogP contribution in [0.4, 0.5) is 4.79 Å². The Morgan fingerprint density at radius 1 is 0.807 bits per heavy atom. The second-order valence-electron chi connectivity index (χ2n) is 14.8. The number of hydrogen-bond donors (Lipinski definition) is 6. The fraction of sp³-hybridized carbons (Fsp3) is 0.350. The van der Waals surface area contributed by atoms with E-state index in [1.54, 1.807) is 12.1 Å². The van der Waals surface area contributed by atoms with E-state index >= 15 is 0 Å². The van der Waals surface area contributed by atoms with Gasteiger partial charge in [0.1, 0.15) is 24.2 Å². The second-order valence-corrected chi connectivity index (χ2v) is 14.8. The molecule has 1 aromatic heterocycles. The number of amides is 5. The summed E-state index contributed by atoms with van der Waals surface area (Å²) in [7, 11) is 0. The van der Waals surface area contributed by atoms with Gasteiger partial charge in [-0.1, -0.05) is 42.5 Å². The van der Waals surface area contributed by atoms with Gasteiger partial charge in [-0.3, -0.25) is 19.4 Å². The zero-order valence-electron chi connectivity index (χ0n) is 31.0. The Balaban J connectivity index is 1.12. The number of para-hydroxylation sites is 1. The van der Waals surface area contributed by atoms with E-state index in [2.05, 4.69) is 15.3 Å². The third kappa shape index (κ3) is 7.11. The number of hydrogen-bond acceptors (Lipinski definition) is 8. The zero-order chi connectivity index (χ0) is 40.0. The van der Waals surface area contributed by atoms with E-state index in [1.165, 1.54) is 14.7 Å². The molecule has 2 unspecified atom stereocenters. The van der Waals surface area contributed by atoms with Gasteiger partial charge in [0.25, 0.3) is 0 Å². The number of guanidine groups is 1.